The number of amides is 1. The summed E-state index contributed by atoms with van der Waals surface area (Å²) in [5.41, 5.74) is 5.38. The first-order chi connectivity index (χ1) is 13.9. The molecule has 5 nitrogen and oxygen atoms in total. The van der Waals surface area contributed by atoms with Gasteiger partial charge in [0.1, 0.15) is 5.65 Å². The van der Waals surface area contributed by atoms with E-state index in [1.54, 1.807) is 0 Å². The third-order valence-electron chi connectivity index (χ3n) is 5.36. The first-order valence-electron chi connectivity index (χ1n) is 10.3. The van der Waals surface area contributed by atoms with Crippen molar-refractivity contribution in [1.29, 1.82) is 0 Å². The van der Waals surface area contributed by atoms with Gasteiger partial charge in [0, 0.05) is 51.1 Å². The Kier molecular flexibility index (Phi) is 6.57. The van der Waals surface area contributed by atoms with Gasteiger partial charge in [0.15, 0.2) is 0 Å². The van der Waals surface area contributed by atoms with Gasteiger partial charge in [0.25, 0.3) is 0 Å². The van der Waals surface area contributed by atoms with Crippen LogP contribution in [0.25, 0.3) is 5.65 Å². The molecule has 0 saturated carbocycles. The van der Waals surface area contributed by atoms with Gasteiger partial charge in [-0.15, -0.1) is 0 Å². The SMILES string of the molecule is Cc1cccn2c(C(CC(=O)NCCC(C)C)c3ccc(N(C)C)cc3)cnc12. The maximum absolute atomic E-state index is 12.7. The molecule has 1 atom stereocenters. The minimum atomic E-state index is -0.0536. The highest BCUT2D eigenvalue weighted by atomic mass is 16.1. The summed E-state index contributed by atoms with van der Waals surface area (Å²) in [5, 5.41) is 3.09. The third-order valence-corrected chi connectivity index (χ3v) is 5.36. The number of fused-ring (bicyclic) bond motifs is 1. The zero-order chi connectivity index (χ0) is 21.0. The van der Waals surface area contributed by atoms with E-state index >= 15 is 0 Å². The van der Waals surface area contributed by atoms with Gasteiger partial charge in [0.05, 0.1) is 5.69 Å². The molecule has 0 radical (unpaired) electrons. The zero-order valence-electron chi connectivity index (χ0n) is 18.1. The predicted octanol–water partition coefficient (Wildman–Crippen LogP) is 4.39. The molecule has 0 spiro atoms. The summed E-state index contributed by atoms with van der Waals surface area (Å²) in [5.74, 6) is 0.600. The van der Waals surface area contributed by atoms with Gasteiger partial charge in [-0.25, -0.2) is 4.98 Å². The van der Waals surface area contributed by atoms with Crippen molar-refractivity contribution in [3.8, 4) is 0 Å². The molecule has 1 N–H and O–H groups in total. The van der Waals surface area contributed by atoms with Gasteiger partial charge in [-0.3, -0.25) is 4.79 Å². The van der Waals surface area contributed by atoms with Crippen LogP contribution in [0.3, 0.4) is 0 Å². The fourth-order valence-electron chi connectivity index (χ4n) is 3.58. The number of imidazole rings is 1. The highest BCUT2D eigenvalue weighted by molar-refractivity contribution is 5.77. The fourth-order valence-corrected chi connectivity index (χ4v) is 3.58. The second-order valence-corrected chi connectivity index (χ2v) is 8.34. The molecule has 0 aliphatic heterocycles. The summed E-state index contributed by atoms with van der Waals surface area (Å²) in [4.78, 5) is 19.4. The van der Waals surface area contributed by atoms with E-state index < -0.39 is 0 Å². The Morgan fingerprint density at radius 3 is 2.55 bits per heavy atom. The number of benzene rings is 1. The largest absolute Gasteiger partial charge is 0.378 e. The Hall–Kier alpha value is -2.82. The van der Waals surface area contributed by atoms with Crippen molar-refractivity contribution < 1.29 is 4.79 Å². The topological polar surface area (TPSA) is 49.6 Å². The average molecular weight is 393 g/mol. The van der Waals surface area contributed by atoms with Crippen molar-refractivity contribution in [2.75, 3.05) is 25.5 Å². The number of carbonyl (C=O) groups excluding carboxylic acids is 1. The summed E-state index contributed by atoms with van der Waals surface area (Å²) in [6.45, 7) is 7.12. The van der Waals surface area contributed by atoms with Crippen molar-refractivity contribution >= 4 is 17.2 Å². The maximum Gasteiger partial charge on any atom is 0.221 e. The van der Waals surface area contributed by atoms with Crippen LogP contribution in [-0.2, 0) is 4.79 Å². The lowest BCUT2D eigenvalue weighted by Gasteiger charge is -2.19. The smallest absolute Gasteiger partial charge is 0.221 e. The van der Waals surface area contributed by atoms with Crippen LogP contribution in [0.4, 0.5) is 5.69 Å². The Balaban J connectivity index is 1.92. The number of carbonyl (C=O) groups is 1. The van der Waals surface area contributed by atoms with Gasteiger partial charge in [-0.05, 0) is 48.6 Å². The van der Waals surface area contributed by atoms with Crippen molar-refractivity contribution in [2.24, 2.45) is 5.92 Å². The monoisotopic (exact) mass is 392 g/mol. The van der Waals surface area contributed by atoms with Gasteiger partial charge in [-0.1, -0.05) is 32.0 Å². The standard InChI is InChI=1S/C24H32N4O/c1-17(2)12-13-25-23(29)15-21(19-8-10-20(11-9-19)27(4)5)22-16-26-24-18(3)7-6-14-28(22)24/h6-11,14,16-17,21H,12-13,15H2,1-5H3,(H,25,29). The van der Waals surface area contributed by atoms with Gasteiger partial charge in [0.2, 0.25) is 5.91 Å². The number of anilines is 1. The maximum atomic E-state index is 12.7. The van der Waals surface area contributed by atoms with Crippen molar-refractivity contribution in [2.45, 2.75) is 39.5 Å². The number of rotatable bonds is 8. The van der Waals surface area contributed by atoms with Gasteiger partial charge < -0.3 is 14.6 Å². The molecule has 2 heterocycles. The van der Waals surface area contributed by atoms with E-state index in [1.165, 1.54) is 0 Å². The quantitative estimate of drug-likeness (QED) is 0.618. The molecule has 0 bridgehead atoms. The van der Waals surface area contributed by atoms with Crippen molar-refractivity contribution in [1.82, 2.24) is 14.7 Å². The molecule has 29 heavy (non-hydrogen) atoms. The Morgan fingerprint density at radius 1 is 1.17 bits per heavy atom. The van der Waals surface area contributed by atoms with Crippen molar-refractivity contribution in [3.63, 3.8) is 0 Å². The molecule has 0 fully saturated rings. The lowest BCUT2D eigenvalue weighted by atomic mass is 9.92. The zero-order valence-corrected chi connectivity index (χ0v) is 18.1. The number of nitrogens with zero attached hydrogens (tertiary/aromatic N) is 3. The van der Waals surface area contributed by atoms with Crippen LogP contribution in [0.1, 0.15) is 49.4 Å². The van der Waals surface area contributed by atoms with Crippen LogP contribution < -0.4 is 10.2 Å². The van der Waals surface area contributed by atoms with E-state index in [4.69, 9.17) is 0 Å². The Labute approximate surface area is 173 Å². The molecule has 154 valence electrons. The number of hydrogen-bond donors (Lipinski definition) is 1. The van der Waals surface area contributed by atoms with E-state index in [0.29, 0.717) is 12.3 Å². The molecular weight excluding hydrogens is 360 g/mol. The molecule has 0 aliphatic carbocycles. The molecule has 1 amide bonds. The molecule has 1 aromatic carbocycles. The summed E-state index contributed by atoms with van der Waals surface area (Å²) in [6, 6.07) is 12.5. The molecule has 0 aliphatic rings. The average Bonchev–Trinajstić information content (AvgIpc) is 3.11. The van der Waals surface area contributed by atoms with E-state index in [9.17, 15) is 4.79 Å². The molecular formula is C24H32N4O. The lowest BCUT2D eigenvalue weighted by molar-refractivity contribution is -0.121. The van der Waals surface area contributed by atoms with Gasteiger partial charge in [-0.2, -0.15) is 0 Å². The van der Waals surface area contributed by atoms with E-state index in [0.717, 1.165) is 41.1 Å². The first-order valence-corrected chi connectivity index (χ1v) is 10.3. The van der Waals surface area contributed by atoms with Crippen LogP contribution in [-0.4, -0.2) is 35.9 Å². The second kappa shape index (κ2) is 9.12. The molecule has 1 unspecified atom stereocenters. The number of aromatic nitrogens is 2. The number of hydrogen-bond acceptors (Lipinski definition) is 3. The fraction of sp³-hybridized carbons (Fsp3) is 0.417. The number of aryl methyl sites for hydroxylation is 1. The molecule has 2 aromatic heterocycles. The summed E-state index contributed by atoms with van der Waals surface area (Å²) in [6.07, 6.45) is 5.33. The predicted molar refractivity (Wildman–Crippen MR) is 120 cm³/mol. The lowest BCUT2D eigenvalue weighted by Crippen LogP contribution is -2.27. The van der Waals surface area contributed by atoms with Crippen LogP contribution in [0.5, 0.6) is 0 Å². The summed E-state index contributed by atoms with van der Waals surface area (Å²) >= 11 is 0. The second-order valence-electron chi connectivity index (χ2n) is 8.34. The van der Waals surface area contributed by atoms with Crippen LogP contribution >= 0.6 is 0 Å². The van der Waals surface area contributed by atoms with E-state index in [-0.39, 0.29) is 11.8 Å². The molecule has 5 heteroatoms. The Morgan fingerprint density at radius 2 is 1.90 bits per heavy atom. The van der Waals surface area contributed by atoms with Crippen LogP contribution in [0, 0.1) is 12.8 Å². The molecule has 3 rings (SSSR count). The van der Waals surface area contributed by atoms with Crippen LogP contribution in [0.15, 0.2) is 48.8 Å². The normalized spacial score (nSPS) is 12.3. The highest BCUT2D eigenvalue weighted by Gasteiger charge is 2.22. The number of pyridine rings is 1. The highest BCUT2D eigenvalue weighted by Crippen LogP contribution is 2.30. The summed E-state index contributed by atoms with van der Waals surface area (Å²) < 4.78 is 2.11. The van der Waals surface area contributed by atoms with Gasteiger partial charge >= 0.3 is 0 Å². The molecule has 3 aromatic rings. The number of nitrogens with one attached hydrogen (secondary N) is 1. The molecule has 0 saturated heterocycles. The Bertz CT molecular complexity index is 957. The first kappa shape index (κ1) is 20.9. The minimum Gasteiger partial charge on any atom is -0.378 e. The minimum absolute atomic E-state index is 0.0536. The van der Waals surface area contributed by atoms with Crippen LogP contribution in [0.2, 0.25) is 0 Å². The summed E-state index contributed by atoms with van der Waals surface area (Å²) in [7, 11) is 4.06. The van der Waals surface area contributed by atoms with E-state index in [1.807, 2.05) is 32.6 Å². The third kappa shape index (κ3) is 4.97. The van der Waals surface area contributed by atoms with E-state index in [2.05, 4.69) is 70.7 Å². The van der Waals surface area contributed by atoms with Crippen molar-refractivity contribution in [3.05, 3.63) is 65.6 Å².